The Bertz CT molecular complexity index is 978. The molecule has 2 aromatic carbocycles. The molecule has 1 saturated carbocycles. The second-order valence-corrected chi connectivity index (χ2v) is 7.02. The van der Waals surface area contributed by atoms with E-state index in [1.54, 1.807) is 7.11 Å². The number of aromatic nitrogens is 2. The smallest absolute Gasteiger partial charge is 0.258 e. The van der Waals surface area contributed by atoms with Gasteiger partial charge in [0.25, 0.3) is 5.91 Å². The number of nitrogens with zero attached hydrogens (tertiary/aromatic N) is 2. The summed E-state index contributed by atoms with van der Waals surface area (Å²) in [5.74, 6) is 1.04. The van der Waals surface area contributed by atoms with Crippen LogP contribution >= 0.6 is 0 Å². The number of benzene rings is 2. The summed E-state index contributed by atoms with van der Waals surface area (Å²) in [6.45, 7) is -0.0993. The number of carbonyl (C=O) groups is 1. The molecule has 4 rings (SSSR count). The standard InChI is InChI=1S/C22H23N3O3/c1-27-19-11-5-3-9-17(19)22(12-6-7-13-22)25-20(26)14-28-21-16-8-2-4-10-18(16)23-15-24-21/h2-5,8-11,15H,6-7,12-14H2,1H3,(H,25,26). The van der Waals surface area contributed by atoms with Crippen LogP contribution in [0.2, 0.25) is 0 Å². The summed E-state index contributed by atoms with van der Waals surface area (Å²) in [4.78, 5) is 21.2. The van der Waals surface area contributed by atoms with E-state index in [9.17, 15) is 4.79 Å². The third-order valence-electron chi connectivity index (χ3n) is 5.30. The number of methoxy groups -OCH3 is 1. The molecule has 1 amide bonds. The number of para-hydroxylation sites is 2. The van der Waals surface area contributed by atoms with Gasteiger partial charge in [-0.05, 0) is 31.0 Å². The van der Waals surface area contributed by atoms with Gasteiger partial charge in [-0.3, -0.25) is 4.79 Å². The molecule has 144 valence electrons. The van der Waals surface area contributed by atoms with Crippen LogP contribution in [0.4, 0.5) is 0 Å². The van der Waals surface area contributed by atoms with Crippen LogP contribution in [0.5, 0.6) is 11.6 Å². The molecule has 0 bridgehead atoms. The number of hydrogen-bond donors (Lipinski definition) is 1. The Balaban J connectivity index is 1.51. The van der Waals surface area contributed by atoms with Crippen LogP contribution in [0.15, 0.2) is 54.9 Å². The molecule has 0 saturated heterocycles. The van der Waals surface area contributed by atoms with Crippen molar-refractivity contribution < 1.29 is 14.3 Å². The molecule has 28 heavy (non-hydrogen) atoms. The number of amides is 1. The first kappa shape index (κ1) is 18.2. The molecule has 6 nitrogen and oxygen atoms in total. The van der Waals surface area contributed by atoms with Gasteiger partial charge in [0.2, 0.25) is 5.88 Å². The van der Waals surface area contributed by atoms with Crippen molar-refractivity contribution in [2.45, 2.75) is 31.2 Å². The summed E-state index contributed by atoms with van der Waals surface area (Å²) < 4.78 is 11.3. The minimum Gasteiger partial charge on any atom is -0.496 e. The van der Waals surface area contributed by atoms with Crippen LogP contribution < -0.4 is 14.8 Å². The van der Waals surface area contributed by atoms with Crippen molar-refractivity contribution in [3.8, 4) is 11.6 Å². The second-order valence-electron chi connectivity index (χ2n) is 7.02. The van der Waals surface area contributed by atoms with E-state index in [1.165, 1.54) is 6.33 Å². The average Bonchev–Trinajstić information content (AvgIpc) is 3.21. The number of rotatable bonds is 6. The Kier molecular flexibility index (Phi) is 5.10. The van der Waals surface area contributed by atoms with Crippen LogP contribution in [0.1, 0.15) is 31.2 Å². The molecule has 0 unspecified atom stereocenters. The summed E-state index contributed by atoms with van der Waals surface area (Å²) in [5, 5.41) is 4.00. The van der Waals surface area contributed by atoms with Crippen molar-refractivity contribution in [3.05, 3.63) is 60.4 Å². The van der Waals surface area contributed by atoms with Crippen LogP contribution in [0, 0.1) is 0 Å². The van der Waals surface area contributed by atoms with E-state index >= 15 is 0 Å². The van der Waals surface area contributed by atoms with E-state index in [0.29, 0.717) is 5.88 Å². The quantitative estimate of drug-likeness (QED) is 0.710. The van der Waals surface area contributed by atoms with Crippen LogP contribution in [0.3, 0.4) is 0 Å². The Labute approximate surface area is 163 Å². The van der Waals surface area contributed by atoms with Crippen LogP contribution in [0.25, 0.3) is 10.9 Å². The number of carbonyl (C=O) groups excluding carboxylic acids is 1. The molecule has 1 fully saturated rings. The van der Waals surface area contributed by atoms with Gasteiger partial charge in [0.05, 0.1) is 23.6 Å². The number of ether oxygens (including phenoxy) is 2. The van der Waals surface area contributed by atoms with Crippen molar-refractivity contribution in [3.63, 3.8) is 0 Å². The lowest BCUT2D eigenvalue weighted by Gasteiger charge is -2.32. The normalized spacial score (nSPS) is 15.3. The highest BCUT2D eigenvalue weighted by molar-refractivity contribution is 5.84. The van der Waals surface area contributed by atoms with Gasteiger partial charge in [-0.2, -0.15) is 0 Å². The Morgan fingerprint density at radius 1 is 1.07 bits per heavy atom. The zero-order chi connectivity index (χ0) is 19.4. The van der Waals surface area contributed by atoms with Gasteiger partial charge in [0, 0.05) is 5.56 Å². The Morgan fingerprint density at radius 3 is 2.64 bits per heavy atom. The first-order chi connectivity index (χ1) is 13.7. The fourth-order valence-corrected chi connectivity index (χ4v) is 4.01. The maximum atomic E-state index is 12.8. The zero-order valence-corrected chi connectivity index (χ0v) is 15.9. The molecule has 1 N–H and O–H groups in total. The van der Waals surface area contributed by atoms with E-state index in [-0.39, 0.29) is 12.5 Å². The molecule has 1 aliphatic rings. The highest BCUT2D eigenvalue weighted by Gasteiger charge is 2.39. The molecule has 1 aliphatic carbocycles. The van der Waals surface area contributed by atoms with Crippen LogP contribution in [-0.2, 0) is 10.3 Å². The molecule has 0 spiro atoms. The summed E-state index contributed by atoms with van der Waals surface area (Å²) in [6, 6.07) is 15.5. The predicted molar refractivity (Wildman–Crippen MR) is 106 cm³/mol. The number of nitrogens with one attached hydrogen (secondary N) is 1. The molecule has 0 aliphatic heterocycles. The third-order valence-corrected chi connectivity index (χ3v) is 5.30. The van der Waals surface area contributed by atoms with Gasteiger partial charge in [-0.25, -0.2) is 9.97 Å². The maximum absolute atomic E-state index is 12.8. The summed E-state index contributed by atoms with van der Waals surface area (Å²) >= 11 is 0. The van der Waals surface area contributed by atoms with E-state index in [4.69, 9.17) is 9.47 Å². The van der Waals surface area contributed by atoms with Crippen molar-refractivity contribution >= 4 is 16.8 Å². The topological polar surface area (TPSA) is 73.3 Å². The van der Waals surface area contributed by atoms with E-state index in [0.717, 1.165) is 47.9 Å². The van der Waals surface area contributed by atoms with E-state index in [1.807, 2.05) is 48.5 Å². The molecular weight excluding hydrogens is 354 g/mol. The Morgan fingerprint density at radius 2 is 1.82 bits per heavy atom. The van der Waals surface area contributed by atoms with Gasteiger partial charge < -0.3 is 14.8 Å². The SMILES string of the molecule is COc1ccccc1C1(NC(=O)COc2ncnc3ccccc23)CCCC1. The lowest BCUT2D eigenvalue weighted by atomic mass is 9.87. The number of hydrogen-bond acceptors (Lipinski definition) is 5. The lowest BCUT2D eigenvalue weighted by Crippen LogP contribution is -2.46. The monoisotopic (exact) mass is 377 g/mol. The van der Waals surface area contributed by atoms with Gasteiger partial charge in [0.1, 0.15) is 12.1 Å². The van der Waals surface area contributed by atoms with E-state index < -0.39 is 5.54 Å². The predicted octanol–water partition coefficient (Wildman–Crippen LogP) is 3.60. The number of fused-ring (bicyclic) bond motifs is 1. The molecule has 6 heteroatoms. The first-order valence-corrected chi connectivity index (χ1v) is 9.49. The van der Waals surface area contributed by atoms with Gasteiger partial charge in [-0.15, -0.1) is 0 Å². The largest absolute Gasteiger partial charge is 0.496 e. The Hall–Kier alpha value is -3.15. The molecule has 3 aromatic rings. The first-order valence-electron chi connectivity index (χ1n) is 9.49. The fraction of sp³-hybridized carbons (Fsp3) is 0.318. The molecular formula is C22H23N3O3. The summed E-state index contributed by atoms with van der Waals surface area (Å²) in [5.41, 5.74) is 1.39. The van der Waals surface area contributed by atoms with Gasteiger partial charge in [-0.1, -0.05) is 43.2 Å². The zero-order valence-electron chi connectivity index (χ0n) is 15.9. The highest BCUT2D eigenvalue weighted by Crippen LogP contribution is 2.42. The third kappa shape index (κ3) is 3.50. The average molecular weight is 377 g/mol. The molecule has 1 aromatic heterocycles. The maximum Gasteiger partial charge on any atom is 0.258 e. The van der Waals surface area contributed by atoms with Crippen molar-refractivity contribution in [2.75, 3.05) is 13.7 Å². The summed E-state index contributed by atoms with van der Waals surface area (Å²) in [6.07, 6.45) is 5.35. The van der Waals surface area contributed by atoms with E-state index in [2.05, 4.69) is 15.3 Å². The van der Waals surface area contributed by atoms with Crippen molar-refractivity contribution in [2.24, 2.45) is 0 Å². The minimum absolute atomic E-state index is 0.0993. The minimum atomic E-state index is -0.416. The van der Waals surface area contributed by atoms with Gasteiger partial charge >= 0.3 is 0 Å². The van der Waals surface area contributed by atoms with Gasteiger partial charge in [0.15, 0.2) is 6.61 Å². The molecule has 0 atom stereocenters. The highest BCUT2D eigenvalue weighted by atomic mass is 16.5. The molecule has 1 heterocycles. The molecule has 0 radical (unpaired) electrons. The van der Waals surface area contributed by atoms with Crippen molar-refractivity contribution in [1.82, 2.24) is 15.3 Å². The van der Waals surface area contributed by atoms with Crippen LogP contribution in [-0.4, -0.2) is 29.6 Å². The summed E-state index contributed by atoms with van der Waals surface area (Å²) in [7, 11) is 1.66. The fourth-order valence-electron chi connectivity index (χ4n) is 4.01. The lowest BCUT2D eigenvalue weighted by molar-refractivity contribution is -0.125. The van der Waals surface area contributed by atoms with Crippen molar-refractivity contribution in [1.29, 1.82) is 0 Å². The second kappa shape index (κ2) is 7.84.